The Kier molecular flexibility index (Phi) is 2.12. The minimum atomic E-state index is 0.916. The summed E-state index contributed by atoms with van der Waals surface area (Å²) in [5.41, 5.74) is 0. The highest BCUT2D eigenvalue weighted by Crippen LogP contribution is 2.18. The molecule has 1 nitrogen and oxygen atoms in total. The molecule has 0 N–H and O–H groups in total. The average molecular weight is 127 g/mol. The first-order chi connectivity index (χ1) is 4.18. The van der Waals surface area contributed by atoms with Gasteiger partial charge >= 0.3 is 0 Å². The first kappa shape index (κ1) is 7.07. The van der Waals surface area contributed by atoms with Crippen LogP contribution in [0.15, 0.2) is 0 Å². The van der Waals surface area contributed by atoms with Gasteiger partial charge in [-0.3, -0.25) is 0 Å². The minimum absolute atomic E-state index is 0.916. The van der Waals surface area contributed by atoms with Gasteiger partial charge in [-0.1, -0.05) is 13.8 Å². The Balaban J connectivity index is 2.34. The van der Waals surface area contributed by atoms with Gasteiger partial charge in [0.2, 0.25) is 0 Å². The molecule has 54 valence electrons. The Morgan fingerprint density at radius 2 is 1.56 bits per heavy atom. The van der Waals surface area contributed by atoms with Crippen molar-refractivity contribution in [2.45, 2.75) is 20.3 Å². The standard InChI is InChI=1S/C8H17N/c1-7-4-8(2)6-9(3)5-7/h7-8H,4-6H2,1-3H3/t7-,8-/m1/s1. The lowest BCUT2D eigenvalue weighted by Crippen LogP contribution is -2.35. The summed E-state index contributed by atoms with van der Waals surface area (Å²) in [5.74, 6) is 1.83. The fourth-order valence-electron chi connectivity index (χ4n) is 1.97. The molecule has 1 aliphatic heterocycles. The lowest BCUT2D eigenvalue weighted by molar-refractivity contribution is 0.171. The third-order valence-electron chi connectivity index (χ3n) is 2.05. The van der Waals surface area contributed by atoms with E-state index in [-0.39, 0.29) is 0 Å². The van der Waals surface area contributed by atoms with E-state index >= 15 is 0 Å². The van der Waals surface area contributed by atoms with Crippen LogP contribution in [-0.4, -0.2) is 25.0 Å². The van der Waals surface area contributed by atoms with Gasteiger partial charge in [0.1, 0.15) is 0 Å². The summed E-state index contributed by atoms with van der Waals surface area (Å²) >= 11 is 0. The van der Waals surface area contributed by atoms with E-state index in [1.807, 2.05) is 0 Å². The minimum Gasteiger partial charge on any atom is -0.306 e. The highest BCUT2D eigenvalue weighted by Gasteiger charge is 2.17. The molecule has 0 radical (unpaired) electrons. The van der Waals surface area contributed by atoms with E-state index in [4.69, 9.17) is 0 Å². The molecule has 0 amide bonds. The van der Waals surface area contributed by atoms with E-state index in [0.29, 0.717) is 0 Å². The van der Waals surface area contributed by atoms with Crippen molar-refractivity contribution < 1.29 is 0 Å². The number of hydrogen-bond donors (Lipinski definition) is 0. The van der Waals surface area contributed by atoms with Crippen LogP contribution >= 0.6 is 0 Å². The van der Waals surface area contributed by atoms with E-state index < -0.39 is 0 Å². The van der Waals surface area contributed by atoms with Crippen LogP contribution in [-0.2, 0) is 0 Å². The topological polar surface area (TPSA) is 3.24 Å². The predicted octanol–water partition coefficient (Wildman–Crippen LogP) is 1.59. The first-order valence-electron chi connectivity index (χ1n) is 3.87. The molecule has 1 aliphatic rings. The van der Waals surface area contributed by atoms with Gasteiger partial charge in [0.15, 0.2) is 0 Å². The Labute approximate surface area is 58.0 Å². The maximum atomic E-state index is 2.43. The molecular weight excluding hydrogens is 110 g/mol. The highest BCUT2D eigenvalue weighted by atomic mass is 15.1. The Bertz CT molecular complexity index is 65.5. The highest BCUT2D eigenvalue weighted by molar-refractivity contribution is 4.71. The fraction of sp³-hybridized carbons (Fsp3) is 1.00. The van der Waals surface area contributed by atoms with Crippen LogP contribution in [0, 0.1) is 11.8 Å². The molecule has 1 fully saturated rings. The summed E-state index contributed by atoms with van der Waals surface area (Å²) in [6.45, 7) is 7.27. The third kappa shape index (κ3) is 1.98. The smallest absolute Gasteiger partial charge is 0.000419 e. The van der Waals surface area contributed by atoms with Crippen LogP contribution in [0.4, 0.5) is 0 Å². The zero-order chi connectivity index (χ0) is 6.85. The number of piperidine rings is 1. The average Bonchev–Trinajstić information content (AvgIpc) is 1.59. The molecule has 0 saturated carbocycles. The van der Waals surface area contributed by atoms with Gasteiger partial charge < -0.3 is 4.90 Å². The quantitative estimate of drug-likeness (QED) is 0.477. The van der Waals surface area contributed by atoms with E-state index in [1.54, 1.807) is 0 Å². The van der Waals surface area contributed by atoms with Crippen molar-refractivity contribution in [1.29, 1.82) is 0 Å². The van der Waals surface area contributed by atoms with Gasteiger partial charge in [0.25, 0.3) is 0 Å². The summed E-state index contributed by atoms with van der Waals surface area (Å²) in [4.78, 5) is 2.43. The van der Waals surface area contributed by atoms with Crippen LogP contribution in [0.5, 0.6) is 0 Å². The van der Waals surface area contributed by atoms with Crippen molar-refractivity contribution in [1.82, 2.24) is 4.90 Å². The van der Waals surface area contributed by atoms with Crippen molar-refractivity contribution >= 4 is 0 Å². The zero-order valence-electron chi connectivity index (χ0n) is 6.72. The summed E-state index contributed by atoms with van der Waals surface area (Å²) in [7, 11) is 2.21. The van der Waals surface area contributed by atoms with Gasteiger partial charge in [0, 0.05) is 13.1 Å². The van der Waals surface area contributed by atoms with Gasteiger partial charge in [-0.05, 0) is 25.3 Å². The molecule has 0 aliphatic carbocycles. The molecule has 0 bridgehead atoms. The summed E-state index contributed by atoms with van der Waals surface area (Å²) in [5, 5.41) is 0. The fourth-order valence-corrected chi connectivity index (χ4v) is 1.97. The van der Waals surface area contributed by atoms with Crippen LogP contribution in [0.25, 0.3) is 0 Å². The number of likely N-dealkylation sites (tertiary alicyclic amines) is 1. The van der Waals surface area contributed by atoms with Crippen LogP contribution < -0.4 is 0 Å². The van der Waals surface area contributed by atoms with Gasteiger partial charge in [-0.25, -0.2) is 0 Å². The summed E-state index contributed by atoms with van der Waals surface area (Å²) in [6.07, 6.45) is 1.42. The van der Waals surface area contributed by atoms with Crippen molar-refractivity contribution in [3.05, 3.63) is 0 Å². The second kappa shape index (κ2) is 2.70. The monoisotopic (exact) mass is 127 g/mol. The lowest BCUT2D eigenvalue weighted by Gasteiger charge is -2.31. The molecule has 0 aromatic rings. The second-order valence-corrected chi connectivity index (χ2v) is 3.67. The van der Waals surface area contributed by atoms with Crippen molar-refractivity contribution in [3.63, 3.8) is 0 Å². The van der Waals surface area contributed by atoms with Gasteiger partial charge in [-0.15, -0.1) is 0 Å². The van der Waals surface area contributed by atoms with Crippen LogP contribution in [0.3, 0.4) is 0 Å². The molecule has 0 unspecified atom stereocenters. The largest absolute Gasteiger partial charge is 0.306 e. The van der Waals surface area contributed by atoms with Gasteiger partial charge in [-0.2, -0.15) is 0 Å². The molecule has 9 heavy (non-hydrogen) atoms. The Morgan fingerprint density at radius 3 is 1.89 bits per heavy atom. The van der Waals surface area contributed by atoms with E-state index in [2.05, 4.69) is 25.8 Å². The predicted molar refractivity (Wildman–Crippen MR) is 40.4 cm³/mol. The molecule has 1 heteroatoms. The van der Waals surface area contributed by atoms with E-state index in [0.717, 1.165) is 11.8 Å². The number of nitrogens with zero attached hydrogens (tertiary/aromatic N) is 1. The zero-order valence-corrected chi connectivity index (χ0v) is 6.72. The second-order valence-electron chi connectivity index (χ2n) is 3.67. The molecule has 0 spiro atoms. The molecular formula is C8H17N. The maximum Gasteiger partial charge on any atom is 0.000419 e. The van der Waals surface area contributed by atoms with Crippen molar-refractivity contribution in [2.24, 2.45) is 11.8 Å². The molecule has 0 aromatic carbocycles. The SMILES string of the molecule is C[C@@H]1C[C@@H](C)CN(C)C1. The molecule has 1 saturated heterocycles. The first-order valence-corrected chi connectivity index (χ1v) is 3.87. The van der Waals surface area contributed by atoms with Crippen LogP contribution in [0.2, 0.25) is 0 Å². The maximum absolute atomic E-state index is 2.43. The van der Waals surface area contributed by atoms with Crippen LogP contribution in [0.1, 0.15) is 20.3 Å². The molecule has 2 atom stereocenters. The van der Waals surface area contributed by atoms with E-state index in [9.17, 15) is 0 Å². The lowest BCUT2D eigenvalue weighted by atomic mass is 9.92. The van der Waals surface area contributed by atoms with Crippen molar-refractivity contribution in [3.8, 4) is 0 Å². The molecule has 0 aromatic heterocycles. The third-order valence-corrected chi connectivity index (χ3v) is 2.05. The normalized spacial score (nSPS) is 39.0. The van der Waals surface area contributed by atoms with Crippen molar-refractivity contribution in [2.75, 3.05) is 20.1 Å². The number of rotatable bonds is 0. The molecule has 1 heterocycles. The Morgan fingerprint density at radius 1 is 1.11 bits per heavy atom. The van der Waals surface area contributed by atoms with Gasteiger partial charge in [0.05, 0.1) is 0 Å². The number of hydrogen-bond acceptors (Lipinski definition) is 1. The summed E-state index contributed by atoms with van der Waals surface area (Å²) < 4.78 is 0. The molecule has 1 rings (SSSR count). The summed E-state index contributed by atoms with van der Waals surface area (Å²) in [6, 6.07) is 0. The Hall–Kier alpha value is -0.0400. The van der Waals surface area contributed by atoms with E-state index in [1.165, 1.54) is 19.5 Å².